The highest BCUT2D eigenvalue weighted by Gasteiger charge is 2.45. The Morgan fingerprint density at radius 3 is 2.67 bits per heavy atom. The maximum Gasteiger partial charge on any atom is 0.0797 e. The van der Waals surface area contributed by atoms with Gasteiger partial charge in [0.1, 0.15) is 0 Å². The normalized spacial score (nSPS) is 50.7. The second-order valence-electron chi connectivity index (χ2n) is 3.53. The standard InChI is InChI=1S/C7H13NO/c1-7-3-6(4-9-7)8(2)5-7/h6H,3-5H2,1-2H3. The largest absolute Gasteiger partial charge is 0.372 e. The molecule has 2 heterocycles. The van der Waals surface area contributed by atoms with E-state index in [-0.39, 0.29) is 5.60 Å². The Morgan fingerprint density at radius 2 is 2.44 bits per heavy atom. The van der Waals surface area contributed by atoms with Gasteiger partial charge in [0.15, 0.2) is 0 Å². The van der Waals surface area contributed by atoms with E-state index >= 15 is 0 Å². The van der Waals surface area contributed by atoms with E-state index in [0.717, 1.165) is 19.2 Å². The lowest BCUT2D eigenvalue weighted by atomic mass is 10.1. The molecule has 2 rings (SSSR count). The van der Waals surface area contributed by atoms with Gasteiger partial charge in [0.05, 0.1) is 12.2 Å². The van der Waals surface area contributed by atoms with Crippen LogP contribution in [0.1, 0.15) is 13.3 Å². The zero-order valence-electron chi connectivity index (χ0n) is 6.05. The minimum Gasteiger partial charge on any atom is -0.372 e. The molecule has 0 aromatic heterocycles. The van der Waals surface area contributed by atoms with Gasteiger partial charge in [0, 0.05) is 12.6 Å². The number of rotatable bonds is 0. The van der Waals surface area contributed by atoms with Crippen molar-refractivity contribution in [1.82, 2.24) is 4.90 Å². The minimum absolute atomic E-state index is 0.208. The quantitative estimate of drug-likeness (QED) is 0.469. The summed E-state index contributed by atoms with van der Waals surface area (Å²) in [7, 11) is 2.18. The van der Waals surface area contributed by atoms with Crippen molar-refractivity contribution in [3.05, 3.63) is 0 Å². The topological polar surface area (TPSA) is 12.5 Å². The minimum atomic E-state index is 0.208. The van der Waals surface area contributed by atoms with Gasteiger partial charge in [-0.3, -0.25) is 4.90 Å². The molecule has 0 saturated carbocycles. The smallest absolute Gasteiger partial charge is 0.0797 e. The molecule has 2 heteroatoms. The number of nitrogens with zero attached hydrogens (tertiary/aromatic N) is 1. The zero-order chi connectivity index (χ0) is 6.48. The SMILES string of the molecule is CN1CC2(C)CC1CO2. The van der Waals surface area contributed by atoms with E-state index in [9.17, 15) is 0 Å². The summed E-state index contributed by atoms with van der Waals surface area (Å²) >= 11 is 0. The summed E-state index contributed by atoms with van der Waals surface area (Å²) in [5, 5.41) is 0. The van der Waals surface area contributed by atoms with Crippen LogP contribution in [0.15, 0.2) is 0 Å². The molecule has 0 N–H and O–H groups in total. The third-order valence-electron chi connectivity index (χ3n) is 2.50. The van der Waals surface area contributed by atoms with Crippen LogP contribution in [0.4, 0.5) is 0 Å². The highest BCUT2D eigenvalue weighted by molar-refractivity contribution is 4.98. The van der Waals surface area contributed by atoms with Crippen LogP contribution >= 0.6 is 0 Å². The first kappa shape index (κ1) is 5.69. The molecule has 9 heavy (non-hydrogen) atoms. The van der Waals surface area contributed by atoms with E-state index in [0.29, 0.717) is 0 Å². The number of hydrogen-bond donors (Lipinski definition) is 0. The lowest BCUT2D eigenvalue weighted by Crippen LogP contribution is -2.38. The van der Waals surface area contributed by atoms with Gasteiger partial charge in [-0.15, -0.1) is 0 Å². The molecule has 0 aromatic rings. The van der Waals surface area contributed by atoms with Crippen molar-refractivity contribution in [3.8, 4) is 0 Å². The van der Waals surface area contributed by atoms with Crippen LogP contribution in [0.2, 0.25) is 0 Å². The lowest BCUT2D eigenvalue weighted by Gasteiger charge is -2.27. The molecule has 2 bridgehead atoms. The number of hydrogen-bond acceptors (Lipinski definition) is 2. The molecule has 0 radical (unpaired) electrons. The van der Waals surface area contributed by atoms with E-state index in [1.165, 1.54) is 6.42 Å². The number of fused-ring (bicyclic) bond motifs is 2. The molecule has 2 aliphatic heterocycles. The molecule has 0 amide bonds. The van der Waals surface area contributed by atoms with Gasteiger partial charge in [-0.05, 0) is 20.4 Å². The average molecular weight is 127 g/mol. The molecule has 2 nitrogen and oxygen atoms in total. The molecule has 2 aliphatic rings. The van der Waals surface area contributed by atoms with Gasteiger partial charge in [0.2, 0.25) is 0 Å². The third kappa shape index (κ3) is 0.700. The van der Waals surface area contributed by atoms with E-state index in [2.05, 4.69) is 18.9 Å². The molecule has 0 aromatic carbocycles. The van der Waals surface area contributed by atoms with Crippen LogP contribution in [0.3, 0.4) is 0 Å². The number of likely N-dealkylation sites (tertiary alicyclic amines) is 1. The first-order valence-corrected chi connectivity index (χ1v) is 3.54. The summed E-state index contributed by atoms with van der Waals surface area (Å²) in [4.78, 5) is 2.39. The molecule has 2 unspecified atom stereocenters. The predicted molar refractivity (Wildman–Crippen MR) is 35.4 cm³/mol. The number of ether oxygens (including phenoxy) is 1. The third-order valence-corrected chi connectivity index (χ3v) is 2.50. The molecule has 0 aliphatic carbocycles. The summed E-state index contributed by atoms with van der Waals surface area (Å²) in [6.07, 6.45) is 1.24. The number of morpholine rings is 1. The van der Waals surface area contributed by atoms with Crippen LogP contribution in [0.5, 0.6) is 0 Å². The molecular weight excluding hydrogens is 114 g/mol. The van der Waals surface area contributed by atoms with Crippen LogP contribution < -0.4 is 0 Å². The monoisotopic (exact) mass is 127 g/mol. The molecule has 2 fully saturated rings. The van der Waals surface area contributed by atoms with Gasteiger partial charge in [-0.1, -0.05) is 0 Å². The second kappa shape index (κ2) is 1.50. The van der Waals surface area contributed by atoms with E-state index in [1.54, 1.807) is 0 Å². The lowest BCUT2D eigenvalue weighted by molar-refractivity contribution is -0.0256. The van der Waals surface area contributed by atoms with Gasteiger partial charge < -0.3 is 4.74 Å². The van der Waals surface area contributed by atoms with Gasteiger partial charge in [0.25, 0.3) is 0 Å². The van der Waals surface area contributed by atoms with Crippen LogP contribution in [0, 0.1) is 0 Å². The highest BCUT2D eigenvalue weighted by Crippen LogP contribution is 2.35. The fourth-order valence-electron chi connectivity index (χ4n) is 1.96. The Hall–Kier alpha value is -0.0800. The molecule has 2 atom stereocenters. The Kier molecular flexibility index (Phi) is 0.945. The fourth-order valence-corrected chi connectivity index (χ4v) is 1.96. The van der Waals surface area contributed by atoms with Crippen LogP contribution in [-0.4, -0.2) is 36.7 Å². The average Bonchev–Trinajstić information content (AvgIpc) is 2.20. The molecule has 2 saturated heterocycles. The van der Waals surface area contributed by atoms with Gasteiger partial charge >= 0.3 is 0 Å². The van der Waals surface area contributed by atoms with Crippen LogP contribution in [0.25, 0.3) is 0 Å². The first-order valence-electron chi connectivity index (χ1n) is 3.54. The fraction of sp³-hybridized carbons (Fsp3) is 1.00. The van der Waals surface area contributed by atoms with Crippen molar-refractivity contribution >= 4 is 0 Å². The van der Waals surface area contributed by atoms with E-state index < -0.39 is 0 Å². The number of likely N-dealkylation sites (N-methyl/N-ethyl adjacent to an activating group) is 1. The van der Waals surface area contributed by atoms with E-state index in [1.807, 2.05) is 0 Å². The van der Waals surface area contributed by atoms with Gasteiger partial charge in [-0.2, -0.15) is 0 Å². The van der Waals surface area contributed by atoms with Crippen LogP contribution in [-0.2, 0) is 4.74 Å². The Morgan fingerprint density at radius 1 is 1.67 bits per heavy atom. The Balaban J connectivity index is 2.19. The summed E-state index contributed by atoms with van der Waals surface area (Å²) in [6.45, 7) is 4.28. The maximum atomic E-state index is 5.57. The zero-order valence-corrected chi connectivity index (χ0v) is 6.05. The molecule has 52 valence electrons. The van der Waals surface area contributed by atoms with Crippen molar-refractivity contribution in [2.75, 3.05) is 20.2 Å². The summed E-state index contributed by atoms with van der Waals surface area (Å²) < 4.78 is 5.57. The predicted octanol–water partition coefficient (Wildman–Crippen LogP) is 0.479. The Bertz CT molecular complexity index is 133. The maximum absolute atomic E-state index is 5.57. The summed E-state index contributed by atoms with van der Waals surface area (Å²) in [6, 6.07) is 0.718. The van der Waals surface area contributed by atoms with E-state index in [4.69, 9.17) is 4.74 Å². The highest BCUT2D eigenvalue weighted by atomic mass is 16.5. The van der Waals surface area contributed by atoms with Crippen molar-refractivity contribution < 1.29 is 4.74 Å². The summed E-state index contributed by atoms with van der Waals surface area (Å²) in [5.41, 5.74) is 0.208. The van der Waals surface area contributed by atoms with Crippen molar-refractivity contribution in [2.24, 2.45) is 0 Å². The van der Waals surface area contributed by atoms with Crippen molar-refractivity contribution in [1.29, 1.82) is 0 Å². The first-order chi connectivity index (χ1) is 4.20. The second-order valence-corrected chi connectivity index (χ2v) is 3.53. The van der Waals surface area contributed by atoms with Crippen molar-refractivity contribution in [2.45, 2.75) is 25.0 Å². The van der Waals surface area contributed by atoms with Gasteiger partial charge in [-0.25, -0.2) is 0 Å². The van der Waals surface area contributed by atoms with Crippen molar-refractivity contribution in [3.63, 3.8) is 0 Å². The summed E-state index contributed by atoms with van der Waals surface area (Å²) in [5.74, 6) is 0. The molecular formula is C7H13NO. The Labute approximate surface area is 55.8 Å². The molecule has 0 spiro atoms.